The quantitative estimate of drug-likeness (QED) is 0.166. The normalized spacial score (nSPS) is 12.9. The lowest BCUT2D eigenvalue weighted by atomic mass is 9.82. The van der Waals surface area contributed by atoms with Crippen LogP contribution in [0, 0.1) is 0 Å². The van der Waals surface area contributed by atoms with Crippen molar-refractivity contribution in [2.75, 3.05) is 4.90 Å². The van der Waals surface area contributed by atoms with E-state index in [0.29, 0.717) is 0 Å². The summed E-state index contributed by atoms with van der Waals surface area (Å²) in [5, 5.41) is 2.39. The SMILES string of the molecule is CC1(C)c2ccccc2-c2ccc(N(c3cc(-c4ccccc4)cc(-c4ccccc4)c3)c3ccc4c(c3)Oc3cccc(-c5ccccc5)c3-c3ccc5ccccc5c3-4)cc21. The first kappa shape index (κ1) is 36.9. The third-order valence-corrected chi connectivity index (χ3v) is 13.2. The maximum atomic E-state index is 7.27. The van der Waals surface area contributed by atoms with E-state index < -0.39 is 0 Å². The summed E-state index contributed by atoms with van der Waals surface area (Å²) in [5.41, 5.74) is 19.7. The van der Waals surface area contributed by atoms with E-state index in [-0.39, 0.29) is 5.41 Å². The van der Waals surface area contributed by atoms with Crippen molar-refractivity contribution in [2.24, 2.45) is 0 Å². The summed E-state index contributed by atoms with van der Waals surface area (Å²) >= 11 is 0. The minimum Gasteiger partial charge on any atom is -0.456 e. The number of nitrogens with zero attached hydrogens (tertiary/aromatic N) is 1. The van der Waals surface area contributed by atoms with Crippen LogP contribution in [0.2, 0.25) is 0 Å². The van der Waals surface area contributed by atoms with E-state index in [1.54, 1.807) is 0 Å². The molecule has 0 fully saturated rings. The summed E-state index contributed by atoms with van der Waals surface area (Å²) in [6.07, 6.45) is 0. The summed E-state index contributed by atoms with van der Waals surface area (Å²) in [6.45, 7) is 4.71. The van der Waals surface area contributed by atoms with Gasteiger partial charge in [0.25, 0.3) is 0 Å². The standard InChI is InChI=1S/C61H43NO/c1-61(2)55-27-15-14-25-51(55)52-33-30-46(38-56(52)61)62(48-36-44(40-17-6-3-7-18-40)35-45(37-48)41-19-8-4-9-20-41)47-31-34-53-58(39-47)63-57-28-16-26-50(42-21-10-5-11-22-42)60(57)54-32-29-43-23-12-13-24-49(43)59(53)54/h3-39H,1-2H3. The van der Waals surface area contributed by atoms with Crippen LogP contribution >= 0.6 is 0 Å². The predicted molar refractivity (Wildman–Crippen MR) is 263 cm³/mol. The Hall–Kier alpha value is -7.94. The molecule has 10 aromatic rings. The van der Waals surface area contributed by atoms with E-state index in [9.17, 15) is 0 Å². The van der Waals surface area contributed by atoms with E-state index >= 15 is 0 Å². The monoisotopic (exact) mass is 805 g/mol. The summed E-state index contributed by atoms with van der Waals surface area (Å²) in [5.74, 6) is 1.65. The van der Waals surface area contributed by atoms with Gasteiger partial charge in [-0.15, -0.1) is 0 Å². The highest BCUT2D eigenvalue weighted by atomic mass is 16.5. The maximum absolute atomic E-state index is 7.27. The first-order chi connectivity index (χ1) is 31.0. The van der Waals surface area contributed by atoms with Crippen molar-refractivity contribution in [3.8, 4) is 78.3 Å². The van der Waals surface area contributed by atoms with Crippen molar-refractivity contribution in [1.29, 1.82) is 0 Å². The molecule has 0 amide bonds. The Balaban J connectivity index is 1.12. The van der Waals surface area contributed by atoms with Crippen LogP contribution in [0.5, 0.6) is 11.5 Å². The number of rotatable bonds is 6. The Bertz CT molecular complexity index is 3330. The predicted octanol–water partition coefficient (Wildman–Crippen LogP) is 17.1. The summed E-state index contributed by atoms with van der Waals surface area (Å²) in [7, 11) is 0. The molecule has 298 valence electrons. The fraction of sp³-hybridized carbons (Fsp3) is 0.0492. The average Bonchev–Trinajstić information content (AvgIpc) is 3.46. The summed E-state index contributed by atoms with van der Waals surface area (Å²) in [4.78, 5) is 2.43. The Morgan fingerprint density at radius 2 is 0.905 bits per heavy atom. The van der Waals surface area contributed by atoms with E-state index in [1.165, 1.54) is 49.7 Å². The second-order valence-electron chi connectivity index (χ2n) is 17.3. The van der Waals surface area contributed by atoms with Crippen LogP contribution < -0.4 is 9.64 Å². The van der Waals surface area contributed by atoms with E-state index in [1.807, 2.05) is 0 Å². The third-order valence-electron chi connectivity index (χ3n) is 13.2. The molecule has 1 heterocycles. The zero-order valence-electron chi connectivity index (χ0n) is 35.2. The Morgan fingerprint density at radius 3 is 1.63 bits per heavy atom. The molecule has 0 unspecified atom stereocenters. The van der Waals surface area contributed by atoms with Gasteiger partial charge in [-0.1, -0.05) is 184 Å². The molecule has 2 heteroatoms. The van der Waals surface area contributed by atoms with Gasteiger partial charge >= 0.3 is 0 Å². The van der Waals surface area contributed by atoms with E-state index in [0.717, 1.165) is 67.5 Å². The van der Waals surface area contributed by atoms with Crippen molar-refractivity contribution >= 4 is 27.8 Å². The molecule has 0 spiro atoms. The van der Waals surface area contributed by atoms with Crippen molar-refractivity contribution in [3.05, 3.63) is 236 Å². The second-order valence-corrected chi connectivity index (χ2v) is 17.3. The molecule has 0 bridgehead atoms. The number of anilines is 3. The Labute approximate surface area is 369 Å². The first-order valence-electron chi connectivity index (χ1n) is 21.8. The molecule has 2 nitrogen and oxygen atoms in total. The van der Waals surface area contributed by atoms with Gasteiger partial charge in [-0.25, -0.2) is 0 Å². The second kappa shape index (κ2) is 14.6. The molecule has 10 aromatic carbocycles. The van der Waals surface area contributed by atoms with Crippen molar-refractivity contribution in [2.45, 2.75) is 19.3 Å². The fourth-order valence-electron chi connectivity index (χ4n) is 10.2. The number of hydrogen-bond donors (Lipinski definition) is 0. The van der Waals surface area contributed by atoms with Gasteiger partial charge in [0.1, 0.15) is 11.5 Å². The number of benzene rings is 10. The topological polar surface area (TPSA) is 12.5 Å². The number of fused-ring (bicyclic) bond motifs is 10. The maximum Gasteiger partial charge on any atom is 0.137 e. The zero-order chi connectivity index (χ0) is 42.1. The molecular formula is C61H43NO. The van der Waals surface area contributed by atoms with Gasteiger partial charge in [-0.05, 0) is 121 Å². The molecular weight excluding hydrogens is 763 g/mol. The fourth-order valence-corrected chi connectivity index (χ4v) is 10.2. The Kier molecular flexibility index (Phi) is 8.55. The van der Waals surface area contributed by atoms with Crippen molar-refractivity contribution in [1.82, 2.24) is 0 Å². The summed E-state index contributed by atoms with van der Waals surface area (Å²) < 4.78 is 7.27. The molecule has 0 radical (unpaired) electrons. The van der Waals surface area contributed by atoms with Gasteiger partial charge in [-0.3, -0.25) is 0 Å². The van der Waals surface area contributed by atoms with Crippen LogP contribution in [-0.4, -0.2) is 0 Å². The number of ether oxygens (including phenoxy) is 1. The summed E-state index contributed by atoms with van der Waals surface area (Å²) in [6, 6.07) is 81.6. The smallest absolute Gasteiger partial charge is 0.137 e. The van der Waals surface area contributed by atoms with Gasteiger partial charge in [0.15, 0.2) is 0 Å². The average molecular weight is 806 g/mol. The lowest BCUT2D eigenvalue weighted by molar-refractivity contribution is 0.488. The van der Waals surface area contributed by atoms with Crippen LogP contribution in [-0.2, 0) is 5.41 Å². The van der Waals surface area contributed by atoms with Crippen LogP contribution in [0.1, 0.15) is 25.0 Å². The van der Waals surface area contributed by atoms with Crippen molar-refractivity contribution < 1.29 is 4.74 Å². The van der Waals surface area contributed by atoms with Crippen LogP contribution in [0.25, 0.3) is 77.5 Å². The molecule has 0 saturated heterocycles. The van der Waals surface area contributed by atoms with Gasteiger partial charge in [0.05, 0.1) is 0 Å². The van der Waals surface area contributed by atoms with Gasteiger partial charge in [0.2, 0.25) is 0 Å². The highest BCUT2D eigenvalue weighted by Gasteiger charge is 2.36. The Morgan fingerprint density at radius 1 is 0.333 bits per heavy atom. The molecule has 0 saturated carbocycles. The lowest BCUT2D eigenvalue weighted by Gasteiger charge is -2.29. The van der Waals surface area contributed by atoms with Crippen LogP contribution in [0.3, 0.4) is 0 Å². The molecule has 0 atom stereocenters. The highest BCUT2D eigenvalue weighted by Crippen LogP contribution is 2.55. The lowest BCUT2D eigenvalue weighted by Crippen LogP contribution is -2.16. The molecule has 2 aliphatic rings. The molecule has 0 N–H and O–H groups in total. The number of hydrogen-bond acceptors (Lipinski definition) is 2. The molecule has 1 aliphatic carbocycles. The largest absolute Gasteiger partial charge is 0.456 e. The van der Waals surface area contributed by atoms with E-state index in [4.69, 9.17) is 4.74 Å². The first-order valence-corrected chi connectivity index (χ1v) is 21.8. The highest BCUT2D eigenvalue weighted by molar-refractivity contribution is 6.09. The minimum absolute atomic E-state index is 0.170. The van der Waals surface area contributed by atoms with Crippen LogP contribution in [0.4, 0.5) is 17.1 Å². The van der Waals surface area contributed by atoms with Gasteiger partial charge < -0.3 is 9.64 Å². The molecule has 0 aromatic heterocycles. The minimum atomic E-state index is -0.170. The van der Waals surface area contributed by atoms with Crippen LogP contribution in [0.15, 0.2) is 224 Å². The molecule has 63 heavy (non-hydrogen) atoms. The van der Waals surface area contributed by atoms with Gasteiger partial charge in [-0.2, -0.15) is 0 Å². The van der Waals surface area contributed by atoms with E-state index in [2.05, 4.69) is 243 Å². The zero-order valence-corrected chi connectivity index (χ0v) is 35.2. The third kappa shape index (κ3) is 6.09. The van der Waals surface area contributed by atoms with Crippen molar-refractivity contribution in [3.63, 3.8) is 0 Å². The van der Waals surface area contributed by atoms with Gasteiger partial charge in [0, 0.05) is 45.2 Å². The molecule has 1 aliphatic heterocycles. The molecule has 12 rings (SSSR count).